The zero-order chi connectivity index (χ0) is 76.4. The molecule has 0 radical (unpaired) electrons. The Balaban J connectivity index is 0.000000343. The standard InChI is InChI=1S/C34H44Cl3N3O6.C21H34Cl3N3O6.C17H18ClNO3/c1-20(2)28(29(42)38-21(3)30(43)40-15-7-8-26(18-40)31(44)46-19-34(35,36)37)39-32(45)33(5,6)14-13-23-9-10-24-11-12-25(22(4)41)17-27(24)16-23;1-12(2)15(26-19(31)33-20(4,5)6)16(28)25-13(3)17(29)27-9-7-8-14(10-27)18(30)32-11-21(22,23)24;1-10(20)14-9-13(18)12-5-4-11(8-15(12)19-14)6-7-17(2,3)16(21)22/h9-14,16-17,20-22,26,28,41H,7-8,15,18-19H2,1-6H3,(H,38,42)(H,39,45);12-15H,7-11H2,1-6H3,(H,25,28)(H,26,31);4-10,20H,1-3H3,(H,21,22)/b14-13+;;7-6+/t21-,22+,26+,28-;13-,14+,15-;10-/m001/s1. The number of pyridine rings is 1. The molecule has 0 saturated carbocycles. The summed E-state index contributed by atoms with van der Waals surface area (Å²) in [5, 5.41) is 42.8. The van der Waals surface area contributed by atoms with E-state index in [2.05, 4.69) is 26.3 Å². The summed E-state index contributed by atoms with van der Waals surface area (Å²) < 4.78 is 11.9. The van der Waals surface area contributed by atoms with Crippen molar-refractivity contribution in [3.63, 3.8) is 0 Å². The Morgan fingerprint density at radius 3 is 1.49 bits per heavy atom. The fourth-order valence-corrected chi connectivity index (χ4v) is 10.9. The zero-order valence-corrected chi connectivity index (χ0v) is 64.9. The number of carboxylic acids is 1. The highest BCUT2D eigenvalue weighted by Crippen LogP contribution is 2.32. The van der Waals surface area contributed by atoms with E-state index in [-0.39, 0.29) is 49.3 Å². The second-order valence-corrected chi connectivity index (χ2v) is 33.6. The Hall–Kier alpha value is -6.21. The van der Waals surface area contributed by atoms with Crippen molar-refractivity contribution in [3.8, 4) is 0 Å². The van der Waals surface area contributed by atoms with E-state index in [9.17, 15) is 53.4 Å². The number of alkyl carbamates (subject to hydrolysis) is 1. The van der Waals surface area contributed by atoms with Gasteiger partial charge in [0.25, 0.3) is 0 Å². The molecule has 3 aromatic carbocycles. The maximum atomic E-state index is 13.4. The number of carbonyl (C=O) groups excluding carboxylic acids is 8. The molecule has 0 spiro atoms. The zero-order valence-electron chi connectivity index (χ0n) is 59.7. The van der Waals surface area contributed by atoms with E-state index < -0.39 is 115 Å². The van der Waals surface area contributed by atoms with Crippen LogP contribution in [0, 0.1) is 34.5 Å². The van der Waals surface area contributed by atoms with Gasteiger partial charge in [-0.1, -0.05) is 170 Å². The third-order valence-electron chi connectivity index (χ3n) is 16.3. The number of hydrogen-bond donors (Lipinski definition) is 7. The number of carbonyl (C=O) groups is 9. The Bertz CT molecular complexity index is 3640. The summed E-state index contributed by atoms with van der Waals surface area (Å²) in [7, 11) is 0. The average molecular weight is 1550 g/mol. The van der Waals surface area contributed by atoms with Crippen LogP contribution in [0.5, 0.6) is 0 Å². The lowest BCUT2D eigenvalue weighted by molar-refractivity contribution is -0.153. The Morgan fingerprint density at radius 2 is 1.04 bits per heavy atom. The highest BCUT2D eigenvalue weighted by molar-refractivity contribution is 6.68. The van der Waals surface area contributed by atoms with Crippen molar-refractivity contribution in [2.45, 2.75) is 179 Å². The third-order valence-corrected chi connectivity index (χ3v) is 17.3. The van der Waals surface area contributed by atoms with Gasteiger partial charge in [0.15, 0.2) is 0 Å². The molecule has 22 nitrogen and oxygen atoms in total. The predicted molar refractivity (Wildman–Crippen MR) is 396 cm³/mol. The number of halogens is 7. The number of rotatable bonds is 22. The number of aromatic nitrogens is 1. The molecule has 2 saturated heterocycles. The van der Waals surface area contributed by atoms with Gasteiger partial charge in [-0.3, -0.25) is 38.4 Å². The molecule has 3 heterocycles. The van der Waals surface area contributed by atoms with Gasteiger partial charge in [0.2, 0.25) is 37.1 Å². The van der Waals surface area contributed by atoms with Gasteiger partial charge in [-0.2, -0.15) is 0 Å². The Morgan fingerprint density at radius 1 is 0.584 bits per heavy atom. The second-order valence-electron chi connectivity index (χ2n) is 28.2. The number of benzene rings is 3. The Labute approximate surface area is 626 Å². The number of nitrogens with zero attached hydrogens (tertiary/aromatic N) is 3. The summed E-state index contributed by atoms with van der Waals surface area (Å²) in [6, 6.07) is 15.4. The molecule has 0 unspecified atom stereocenters. The van der Waals surface area contributed by atoms with Crippen LogP contribution in [-0.2, 0) is 52.6 Å². The lowest BCUT2D eigenvalue weighted by Crippen LogP contribution is -2.57. The summed E-state index contributed by atoms with van der Waals surface area (Å²) in [4.78, 5) is 121. The molecule has 101 heavy (non-hydrogen) atoms. The lowest BCUT2D eigenvalue weighted by atomic mass is 9.89. The van der Waals surface area contributed by atoms with Crippen LogP contribution in [0.1, 0.15) is 164 Å². The number of ether oxygens (including phenoxy) is 3. The molecule has 1 aromatic heterocycles. The number of piperidine rings is 2. The summed E-state index contributed by atoms with van der Waals surface area (Å²) >= 11 is 40.1. The van der Waals surface area contributed by atoms with Crippen LogP contribution in [0.15, 0.2) is 72.8 Å². The molecule has 7 N–H and O–H groups in total. The molecule has 2 aliphatic heterocycles. The van der Waals surface area contributed by atoms with E-state index in [1.54, 1.807) is 114 Å². The van der Waals surface area contributed by atoms with Gasteiger partial charge in [-0.25, -0.2) is 9.78 Å². The first-order valence-electron chi connectivity index (χ1n) is 33.2. The van der Waals surface area contributed by atoms with Crippen molar-refractivity contribution in [2.75, 3.05) is 39.4 Å². The van der Waals surface area contributed by atoms with Gasteiger partial charge in [0.1, 0.15) is 43.0 Å². The summed E-state index contributed by atoms with van der Waals surface area (Å²) in [6.45, 7) is 26.0. The minimum Gasteiger partial charge on any atom is -0.481 e. The summed E-state index contributed by atoms with van der Waals surface area (Å²) in [5.74, 6) is -5.63. The first-order chi connectivity index (χ1) is 46.6. The SMILES string of the molecule is CC(C)[C@H](NC(=O)C(C)(C)/C=C/c1ccc2ccc([C@@H](C)O)cc2c1)C(=O)N[C@@H](C)C(=O)N1CCC[C@@H](C(=O)OCC(Cl)(Cl)Cl)C1.CC(C)[C@H](NC(=O)OC(C)(C)C)C(=O)N[C@@H](C)C(=O)N1CCC[C@@H](C(=O)OCC(Cl)(Cl)Cl)C1.C[C@@H](O)c1cc(Cl)c2ccc(/C=C/C(C)(C)C(=O)O)cc2n1. The number of likely N-dealkylation sites (tertiary alicyclic amines) is 2. The van der Waals surface area contributed by atoms with Gasteiger partial charge in [0, 0.05) is 31.6 Å². The molecule has 6 rings (SSSR count). The maximum absolute atomic E-state index is 13.4. The van der Waals surface area contributed by atoms with Crippen LogP contribution >= 0.6 is 81.2 Å². The molecular formula is C72H96Cl7N7O15. The van der Waals surface area contributed by atoms with Gasteiger partial charge >= 0.3 is 24.0 Å². The number of nitrogens with one attached hydrogen (secondary N) is 4. The second kappa shape index (κ2) is 38.0. The van der Waals surface area contributed by atoms with Crippen LogP contribution in [0.2, 0.25) is 5.02 Å². The fourth-order valence-electron chi connectivity index (χ4n) is 10.3. The lowest BCUT2D eigenvalue weighted by Gasteiger charge is -2.34. The molecule has 29 heteroatoms. The van der Waals surface area contributed by atoms with Crippen LogP contribution in [0.3, 0.4) is 0 Å². The number of esters is 2. The minimum atomic E-state index is -1.73. The van der Waals surface area contributed by atoms with Gasteiger partial charge in [-0.15, -0.1) is 0 Å². The van der Waals surface area contributed by atoms with Crippen LogP contribution in [0.25, 0.3) is 33.8 Å². The number of aliphatic hydroxyl groups is 2. The topological polar surface area (TPSA) is 309 Å². The van der Waals surface area contributed by atoms with Crippen molar-refractivity contribution < 1.29 is 72.7 Å². The number of carboxylic acid groups (broad SMARTS) is 1. The smallest absolute Gasteiger partial charge is 0.408 e. The molecule has 4 aromatic rings. The molecule has 6 amide bonds. The van der Waals surface area contributed by atoms with Crippen molar-refractivity contribution in [3.05, 3.63) is 100 Å². The summed E-state index contributed by atoms with van der Waals surface area (Å²) in [6.07, 6.45) is 7.27. The van der Waals surface area contributed by atoms with Gasteiger partial charge < -0.3 is 60.6 Å². The highest BCUT2D eigenvalue weighted by atomic mass is 35.6. The number of aliphatic hydroxyl groups excluding tert-OH is 2. The molecular weight excluding hydrogens is 1450 g/mol. The maximum Gasteiger partial charge on any atom is 0.408 e. The fraction of sp³-hybridized carbons (Fsp3) is 0.556. The van der Waals surface area contributed by atoms with E-state index >= 15 is 0 Å². The van der Waals surface area contributed by atoms with E-state index in [0.29, 0.717) is 55.0 Å². The largest absolute Gasteiger partial charge is 0.481 e. The third kappa shape index (κ3) is 28.7. The molecule has 2 fully saturated rings. The monoisotopic (exact) mass is 1540 g/mol. The van der Waals surface area contributed by atoms with E-state index in [4.69, 9.17) is 101 Å². The number of hydrogen-bond acceptors (Lipinski definition) is 15. The first-order valence-corrected chi connectivity index (χ1v) is 35.8. The van der Waals surface area contributed by atoms with Gasteiger partial charge in [-0.05, 0) is 165 Å². The van der Waals surface area contributed by atoms with Crippen molar-refractivity contribution in [1.82, 2.24) is 36.1 Å². The predicted octanol–water partition coefficient (Wildman–Crippen LogP) is 13.0. The number of fused-ring (bicyclic) bond motifs is 2. The first kappa shape index (κ1) is 87.2. The van der Waals surface area contributed by atoms with E-state index in [1.807, 2.05) is 74.5 Å². The molecule has 8 atom stereocenters. The molecule has 0 aliphatic carbocycles. The quantitative estimate of drug-likeness (QED) is 0.0218. The number of aliphatic carboxylic acids is 1. The molecule has 558 valence electrons. The van der Waals surface area contributed by atoms with E-state index in [0.717, 1.165) is 32.8 Å². The molecule has 2 aliphatic rings. The van der Waals surface area contributed by atoms with Crippen LogP contribution in [0.4, 0.5) is 4.79 Å². The average Bonchev–Trinajstić information content (AvgIpc) is 0.810. The van der Waals surface area contributed by atoms with Gasteiger partial charge in [0.05, 0.1) is 51.1 Å². The number of alkyl halides is 6. The van der Waals surface area contributed by atoms with Crippen molar-refractivity contribution in [1.29, 1.82) is 0 Å². The Kier molecular flexibility index (Phi) is 32.8. The molecule has 0 bridgehead atoms. The van der Waals surface area contributed by atoms with Crippen molar-refractivity contribution in [2.24, 2.45) is 34.5 Å². The van der Waals surface area contributed by atoms with Crippen molar-refractivity contribution >= 4 is 169 Å². The number of amides is 6. The highest BCUT2D eigenvalue weighted by Gasteiger charge is 2.38. The van der Waals surface area contributed by atoms with E-state index in [1.165, 1.54) is 9.80 Å². The summed E-state index contributed by atoms with van der Waals surface area (Å²) in [5.41, 5.74) is 1.09. The van der Waals surface area contributed by atoms with Crippen LogP contribution < -0.4 is 21.3 Å². The minimum absolute atomic E-state index is 0.127. The van der Waals surface area contributed by atoms with Crippen LogP contribution in [-0.4, -0.2) is 160 Å². The normalized spacial score (nSPS) is 17.3.